The van der Waals surface area contributed by atoms with Gasteiger partial charge in [-0.1, -0.05) is 0 Å². The van der Waals surface area contributed by atoms with Crippen LogP contribution >= 0.6 is 0 Å². The van der Waals surface area contributed by atoms with Crippen molar-refractivity contribution in [3.8, 4) is 6.07 Å². The molecule has 1 rings (SSSR count). The van der Waals surface area contributed by atoms with E-state index in [9.17, 15) is 4.79 Å². The molecule has 1 aromatic rings. The average molecular weight is 178 g/mol. The SMILES string of the molecule is Cc1cc(C(=O)NCC#N)c(C)o1. The van der Waals surface area contributed by atoms with Gasteiger partial charge in [-0.05, 0) is 19.9 Å². The highest BCUT2D eigenvalue weighted by molar-refractivity contribution is 5.95. The van der Waals surface area contributed by atoms with Gasteiger partial charge in [0.1, 0.15) is 18.1 Å². The number of carbonyl (C=O) groups excluding carboxylic acids is 1. The first-order valence-corrected chi connectivity index (χ1v) is 3.87. The third-order valence-corrected chi connectivity index (χ3v) is 1.61. The largest absolute Gasteiger partial charge is 0.466 e. The van der Waals surface area contributed by atoms with Crippen molar-refractivity contribution >= 4 is 5.91 Å². The van der Waals surface area contributed by atoms with Crippen molar-refractivity contribution in [2.75, 3.05) is 6.54 Å². The summed E-state index contributed by atoms with van der Waals surface area (Å²) >= 11 is 0. The van der Waals surface area contributed by atoms with E-state index in [-0.39, 0.29) is 12.5 Å². The molecule has 1 heterocycles. The van der Waals surface area contributed by atoms with Crippen LogP contribution in [0.5, 0.6) is 0 Å². The van der Waals surface area contributed by atoms with Crippen molar-refractivity contribution in [1.82, 2.24) is 5.32 Å². The molecule has 0 atom stereocenters. The molecular weight excluding hydrogens is 168 g/mol. The zero-order valence-electron chi connectivity index (χ0n) is 7.55. The van der Waals surface area contributed by atoms with Gasteiger partial charge in [0, 0.05) is 0 Å². The van der Waals surface area contributed by atoms with E-state index < -0.39 is 0 Å². The van der Waals surface area contributed by atoms with Crippen molar-refractivity contribution in [2.45, 2.75) is 13.8 Å². The van der Waals surface area contributed by atoms with E-state index in [1.807, 2.05) is 6.07 Å². The highest BCUT2D eigenvalue weighted by atomic mass is 16.3. The molecule has 1 aromatic heterocycles. The minimum absolute atomic E-state index is 0.0164. The van der Waals surface area contributed by atoms with Gasteiger partial charge in [-0.2, -0.15) is 5.26 Å². The number of furan rings is 1. The summed E-state index contributed by atoms with van der Waals surface area (Å²) in [5.41, 5.74) is 0.493. The standard InChI is InChI=1S/C9H10N2O2/c1-6-5-8(7(2)13-6)9(12)11-4-3-10/h5H,4H2,1-2H3,(H,11,12). The van der Waals surface area contributed by atoms with Crippen LogP contribution in [0.15, 0.2) is 10.5 Å². The molecule has 0 bridgehead atoms. The third kappa shape index (κ3) is 2.09. The highest BCUT2D eigenvalue weighted by Crippen LogP contribution is 2.12. The molecule has 0 radical (unpaired) electrons. The second-order valence-corrected chi connectivity index (χ2v) is 2.67. The maximum Gasteiger partial charge on any atom is 0.255 e. The summed E-state index contributed by atoms with van der Waals surface area (Å²) in [5, 5.41) is 10.7. The molecule has 1 N–H and O–H groups in total. The van der Waals surface area contributed by atoms with Gasteiger partial charge in [-0.3, -0.25) is 4.79 Å². The van der Waals surface area contributed by atoms with E-state index in [2.05, 4.69) is 5.32 Å². The number of amides is 1. The summed E-state index contributed by atoms with van der Waals surface area (Å²) in [4.78, 5) is 11.3. The summed E-state index contributed by atoms with van der Waals surface area (Å²) < 4.78 is 5.17. The van der Waals surface area contributed by atoms with Crippen molar-refractivity contribution in [1.29, 1.82) is 5.26 Å². The van der Waals surface area contributed by atoms with Gasteiger partial charge in [-0.15, -0.1) is 0 Å². The summed E-state index contributed by atoms with van der Waals surface area (Å²) in [5.74, 6) is 1.00. The maximum atomic E-state index is 11.3. The Hall–Kier alpha value is -1.76. The van der Waals surface area contributed by atoms with E-state index in [1.54, 1.807) is 19.9 Å². The van der Waals surface area contributed by atoms with E-state index in [4.69, 9.17) is 9.68 Å². The van der Waals surface area contributed by atoms with Gasteiger partial charge >= 0.3 is 0 Å². The summed E-state index contributed by atoms with van der Waals surface area (Å²) in [7, 11) is 0. The molecule has 0 unspecified atom stereocenters. The highest BCUT2D eigenvalue weighted by Gasteiger charge is 2.12. The molecule has 0 aromatic carbocycles. The second kappa shape index (κ2) is 3.76. The lowest BCUT2D eigenvalue weighted by atomic mass is 10.2. The quantitative estimate of drug-likeness (QED) is 0.691. The Bertz CT molecular complexity index is 360. The van der Waals surface area contributed by atoms with E-state index >= 15 is 0 Å². The first-order valence-electron chi connectivity index (χ1n) is 3.87. The summed E-state index contributed by atoms with van der Waals surface area (Å²) in [6.07, 6.45) is 0. The predicted molar refractivity (Wildman–Crippen MR) is 46.1 cm³/mol. The number of aryl methyl sites for hydroxylation is 2. The van der Waals surface area contributed by atoms with Gasteiger partial charge < -0.3 is 9.73 Å². The van der Waals surface area contributed by atoms with Crippen LogP contribution in [0, 0.1) is 25.2 Å². The molecule has 13 heavy (non-hydrogen) atoms. The molecule has 68 valence electrons. The van der Waals surface area contributed by atoms with Crippen molar-refractivity contribution in [3.63, 3.8) is 0 Å². The molecule has 1 amide bonds. The Labute approximate surface area is 76.2 Å². The first kappa shape index (κ1) is 9.33. The van der Waals surface area contributed by atoms with Crippen LogP contribution in [0.25, 0.3) is 0 Å². The topological polar surface area (TPSA) is 66.0 Å². The Morgan fingerprint density at radius 3 is 2.85 bits per heavy atom. The number of nitrogens with zero attached hydrogens (tertiary/aromatic N) is 1. The first-order chi connectivity index (χ1) is 6.15. The predicted octanol–water partition coefficient (Wildman–Crippen LogP) is 1.15. The molecular formula is C9H10N2O2. The van der Waals surface area contributed by atoms with E-state index in [0.29, 0.717) is 17.1 Å². The number of carbonyl (C=O) groups is 1. The van der Waals surface area contributed by atoms with Gasteiger partial charge in [-0.25, -0.2) is 0 Å². The summed E-state index contributed by atoms with van der Waals surface area (Å²) in [6, 6.07) is 3.49. The van der Waals surface area contributed by atoms with Crippen LogP contribution in [0.1, 0.15) is 21.9 Å². The lowest BCUT2D eigenvalue weighted by Crippen LogP contribution is -2.23. The fourth-order valence-corrected chi connectivity index (χ4v) is 1.07. The number of hydrogen-bond donors (Lipinski definition) is 1. The van der Waals surface area contributed by atoms with Crippen molar-refractivity contribution in [3.05, 3.63) is 23.2 Å². The normalized spacial score (nSPS) is 9.31. The van der Waals surface area contributed by atoms with Gasteiger partial charge in [0.2, 0.25) is 0 Å². The van der Waals surface area contributed by atoms with Gasteiger partial charge in [0.05, 0.1) is 11.6 Å². The summed E-state index contributed by atoms with van der Waals surface area (Å²) in [6.45, 7) is 3.50. The minimum atomic E-state index is -0.268. The van der Waals surface area contributed by atoms with Crippen LogP contribution in [-0.2, 0) is 0 Å². The van der Waals surface area contributed by atoms with Crippen LogP contribution in [-0.4, -0.2) is 12.5 Å². The third-order valence-electron chi connectivity index (χ3n) is 1.61. The molecule has 0 aliphatic heterocycles. The zero-order chi connectivity index (χ0) is 9.84. The van der Waals surface area contributed by atoms with Crippen molar-refractivity contribution < 1.29 is 9.21 Å². The Morgan fingerprint density at radius 1 is 1.69 bits per heavy atom. The number of nitrogens with one attached hydrogen (secondary N) is 1. The fourth-order valence-electron chi connectivity index (χ4n) is 1.07. The molecule has 0 saturated carbocycles. The Morgan fingerprint density at radius 2 is 2.38 bits per heavy atom. The Kier molecular flexibility index (Phi) is 2.70. The molecule has 0 fully saturated rings. The van der Waals surface area contributed by atoms with Gasteiger partial charge in [0.15, 0.2) is 0 Å². The maximum absolute atomic E-state index is 11.3. The van der Waals surface area contributed by atoms with E-state index in [1.165, 1.54) is 0 Å². The smallest absolute Gasteiger partial charge is 0.255 e. The molecule has 4 nitrogen and oxygen atoms in total. The van der Waals surface area contributed by atoms with E-state index in [0.717, 1.165) is 0 Å². The lowest BCUT2D eigenvalue weighted by Gasteiger charge is -1.96. The van der Waals surface area contributed by atoms with Crippen molar-refractivity contribution in [2.24, 2.45) is 0 Å². The molecule has 0 saturated heterocycles. The minimum Gasteiger partial charge on any atom is -0.466 e. The molecule has 0 aliphatic carbocycles. The zero-order valence-corrected chi connectivity index (χ0v) is 7.55. The van der Waals surface area contributed by atoms with Crippen LogP contribution in [0.3, 0.4) is 0 Å². The number of hydrogen-bond acceptors (Lipinski definition) is 3. The van der Waals surface area contributed by atoms with Crippen LogP contribution in [0.4, 0.5) is 0 Å². The molecule has 4 heteroatoms. The lowest BCUT2D eigenvalue weighted by molar-refractivity contribution is 0.0957. The molecule has 0 spiro atoms. The van der Waals surface area contributed by atoms with Crippen LogP contribution in [0.2, 0.25) is 0 Å². The molecule has 0 aliphatic rings. The van der Waals surface area contributed by atoms with Crippen LogP contribution < -0.4 is 5.32 Å². The average Bonchev–Trinajstić information content (AvgIpc) is 2.41. The second-order valence-electron chi connectivity index (χ2n) is 2.67. The number of nitriles is 1. The van der Waals surface area contributed by atoms with Gasteiger partial charge in [0.25, 0.3) is 5.91 Å². The monoisotopic (exact) mass is 178 g/mol. The Balaban J connectivity index is 2.78. The number of rotatable bonds is 2. The fraction of sp³-hybridized carbons (Fsp3) is 0.333.